The minimum absolute atomic E-state index is 0.0262. The van der Waals surface area contributed by atoms with Crippen LogP contribution in [0.2, 0.25) is 5.02 Å². The Morgan fingerprint density at radius 2 is 1.97 bits per heavy atom. The molecule has 1 N–H and O–H groups in total. The SMILES string of the molecule is O=C1NS(=O)(=O)CCCCCS[C@@H]2CC[C@H]2CN2C[C@@]3(CCCc4cc(Cl)ccc43)COc3ccc1cc32. The maximum Gasteiger partial charge on any atom is 0.264 e. The summed E-state index contributed by atoms with van der Waals surface area (Å²) in [5, 5.41) is 1.39. The van der Waals surface area contributed by atoms with Gasteiger partial charge in [0, 0.05) is 34.3 Å². The quantitative estimate of drug-likeness (QED) is 0.443. The molecular weight excluding hydrogens is 540 g/mol. The molecule has 1 amide bonds. The van der Waals surface area contributed by atoms with Gasteiger partial charge in [0.1, 0.15) is 5.75 Å². The lowest BCUT2D eigenvalue weighted by Crippen LogP contribution is -2.49. The monoisotopic (exact) mass is 574 g/mol. The lowest BCUT2D eigenvalue weighted by molar-refractivity contribution is 0.0981. The minimum atomic E-state index is -3.68. The smallest absolute Gasteiger partial charge is 0.264 e. The highest BCUT2D eigenvalue weighted by Crippen LogP contribution is 2.46. The van der Waals surface area contributed by atoms with Crippen LogP contribution in [0.4, 0.5) is 5.69 Å². The Balaban J connectivity index is 1.39. The first-order chi connectivity index (χ1) is 18.3. The summed E-state index contributed by atoms with van der Waals surface area (Å²) < 4.78 is 34.0. The van der Waals surface area contributed by atoms with Gasteiger partial charge in [-0.3, -0.25) is 4.79 Å². The number of anilines is 1. The number of aryl methyl sites for hydroxylation is 1. The zero-order valence-corrected chi connectivity index (χ0v) is 24.0. The molecule has 4 aliphatic rings. The molecule has 1 spiro atoms. The summed E-state index contributed by atoms with van der Waals surface area (Å²) >= 11 is 8.42. The lowest BCUT2D eigenvalue weighted by Gasteiger charge is -2.44. The Kier molecular flexibility index (Phi) is 7.33. The molecular formula is C29H35ClN2O4S2. The molecule has 6 rings (SSSR count). The molecule has 0 radical (unpaired) electrons. The Labute approximate surface area is 234 Å². The van der Waals surface area contributed by atoms with E-state index in [1.807, 2.05) is 30.0 Å². The van der Waals surface area contributed by atoms with Gasteiger partial charge >= 0.3 is 0 Å². The molecule has 2 heterocycles. The highest BCUT2D eigenvalue weighted by Gasteiger charge is 2.43. The van der Waals surface area contributed by atoms with Gasteiger partial charge in [0.15, 0.2) is 0 Å². The summed E-state index contributed by atoms with van der Waals surface area (Å²) in [6.45, 7) is 2.27. The molecule has 38 heavy (non-hydrogen) atoms. The van der Waals surface area contributed by atoms with Gasteiger partial charge in [0.05, 0.1) is 18.0 Å². The topological polar surface area (TPSA) is 75.7 Å². The number of thioether (sulfide) groups is 1. The van der Waals surface area contributed by atoms with Gasteiger partial charge in [0.2, 0.25) is 10.0 Å². The highest BCUT2D eigenvalue weighted by atomic mass is 35.5. The van der Waals surface area contributed by atoms with Crippen LogP contribution >= 0.6 is 23.4 Å². The molecule has 1 saturated carbocycles. The number of fused-ring (bicyclic) bond motifs is 4. The maximum absolute atomic E-state index is 13.0. The van der Waals surface area contributed by atoms with Crippen LogP contribution in [0.1, 0.15) is 66.4 Å². The number of carbonyl (C=O) groups is 1. The third-order valence-electron chi connectivity index (χ3n) is 8.74. The first kappa shape index (κ1) is 26.3. The van der Waals surface area contributed by atoms with Gasteiger partial charge in [-0.15, -0.1) is 0 Å². The number of hydrogen-bond donors (Lipinski definition) is 1. The van der Waals surface area contributed by atoms with Crippen molar-refractivity contribution in [3.05, 3.63) is 58.1 Å². The zero-order chi connectivity index (χ0) is 26.3. The van der Waals surface area contributed by atoms with Gasteiger partial charge in [0.25, 0.3) is 5.91 Å². The van der Waals surface area contributed by atoms with E-state index in [-0.39, 0.29) is 11.2 Å². The third kappa shape index (κ3) is 5.28. The van der Waals surface area contributed by atoms with Crippen molar-refractivity contribution in [2.75, 3.05) is 36.1 Å². The second kappa shape index (κ2) is 10.6. The largest absolute Gasteiger partial charge is 0.490 e. The number of ether oxygens (including phenoxy) is 1. The number of nitrogens with one attached hydrogen (secondary N) is 1. The second-order valence-corrected chi connectivity index (χ2v) is 15.0. The average Bonchev–Trinajstić information content (AvgIpc) is 3.02. The van der Waals surface area contributed by atoms with Crippen LogP contribution < -0.4 is 14.4 Å². The van der Waals surface area contributed by atoms with Crippen LogP contribution in [0.15, 0.2) is 36.4 Å². The number of nitrogens with zero attached hydrogens (tertiary/aromatic N) is 1. The van der Waals surface area contributed by atoms with E-state index >= 15 is 0 Å². The molecule has 9 heteroatoms. The van der Waals surface area contributed by atoms with Gasteiger partial charge in [-0.2, -0.15) is 11.8 Å². The molecule has 2 aliphatic heterocycles. The molecule has 0 saturated heterocycles. The maximum atomic E-state index is 13.0. The number of rotatable bonds is 0. The minimum Gasteiger partial charge on any atom is -0.490 e. The number of amides is 1. The van der Waals surface area contributed by atoms with Gasteiger partial charge in [-0.05, 0) is 98.1 Å². The summed E-state index contributed by atoms with van der Waals surface area (Å²) in [5.74, 6) is 1.79. The number of carbonyl (C=O) groups excluding carboxylic acids is 1. The highest BCUT2D eigenvalue weighted by molar-refractivity contribution is 7.99. The molecule has 2 bridgehead atoms. The van der Waals surface area contributed by atoms with E-state index < -0.39 is 15.9 Å². The molecule has 2 aromatic rings. The predicted octanol–water partition coefficient (Wildman–Crippen LogP) is 5.57. The molecule has 2 aliphatic carbocycles. The standard InChI is InChI=1S/C29H35ClN2O4S2/c30-23-8-9-24-20(15-23)5-4-12-29(24)18-32-17-22-7-11-27(22)37-13-2-1-3-14-38(34,35)31-28(33)21-6-10-26(36-19-29)25(32)16-21/h6,8-10,15-16,22,27H,1-5,7,11-14,17-19H2,(H,31,33)/t22-,27+,29-/m0/s1. The molecule has 3 atom stereocenters. The molecule has 1 fully saturated rings. The Morgan fingerprint density at radius 1 is 1.08 bits per heavy atom. The van der Waals surface area contributed by atoms with Gasteiger partial charge < -0.3 is 9.64 Å². The number of hydrogen-bond acceptors (Lipinski definition) is 6. The van der Waals surface area contributed by atoms with E-state index in [4.69, 9.17) is 16.3 Å². The Hall–Kier alpha value is -1.90. The molecule has 204 valence electrons. The van der Waals surface area contributed by atoms with Crippen LogP contribution in [-0.2, 0) is 21.9 Å². The van der Waals surface area contributed by atoms with Crippen LogP contribution in [0.25, 0.3) is 0 Å². The normalized spacial score (nSPS) is 29.2. The zero-order valence-electron chi connectivity index (χ0n) is 21.6. The fourth-order valence-electron chi connectivity index (χ4n) is 6.56. The summed E-state index contributed by atoms with van der Waals surface area (Å²) in [4.78, 5) is 15.5. The van der Waals surface area contributed by atoms with E-state index in [0.717, 1.165) is 67.4 Å². The summed E-state index contributed by atoms with van der Waals surface area (Å²) in [7, 11) is -3.68. The number of benzene rings is 2. The fraction of sp³-hybridized carbons (Fsp3) is 0.552. The van der Waals surface area contributed by atoms with Crippen molar-refractivity contribution in [2.24, 2.45) is 5.92 Å². The first-order valence-corrected chi connectivity index (χ1v) is 16.9. The van der Waals surface area contributed by atoms with Crippen molar-refractivity contribution in [1.82, 2.24) is 4.72 Å². The third-order valence-corrected chi connectivity index (χ3v) is 11.9. The van der Waals surface area contributed by atoms with E-state index in [0.29, 0.717) is 29.8 Å². The van der Waals surface area contributed by atoms with Gasteiger partial charge in [-0.1, -0.05) is 24.1 Å². The lowest BCUT2D eigenvalue weighted by atomic mass is 9.70. The van der Waals surface area contributed by atoms with Crippen LogP contribution in [0.5, 0.6) is 5.75 Å². The molecule has 6 nitrogen and oxygen atoms in total. The Morgan fingerprint density at radius 3 is 2.82 bits per heavy atom. The average molecular weight is 575 g/mol. The van der Waals surface area contributed by atoms with E-state index in [1.54, 1.807) is 6.07 Å². The van der Waals surface area contributed by atoms with Crippen LogP contribution in [0, 0.1) is 5.92 Å². The fourth-order valence-corrected chi connectivity index (χ4v) is 9.31. The van der Waals surface area contributed by atoms with Crippen molar-refractivity contribution in [1.29, 1.82) is 0 Å². The van der Waals surface area contributed by atoms with Crippen LogP contribution in [-0.4, -0.2) is 50.8 Å². The molecule has 0 aromatic heterocycles. The first-order valence-electron chi connectivity index (χ1n) is 13.8. The molecule has 0 unspecified atom stereocenters. The summed E-state index contributed by atoms with van der Waals surface area (Å²) in [6, 6.07) is 11.6. The van der Waals surface area contributed by atoms with Crippen molar-refractivity contribution in [2.45, 2.75) is 62.0 Å². The van der Waals surface area contributed by atoms with Gasteiger partial charge in [-0.25, -0.2) is 13.1 Å². The van der Waals surface area contributed by atoms with E-state index in [1.165, 1.54) is 24.0 Å². The van der Waals surface area contributed by atoms with Crippen molar-refractivity contribution in [3.8, 4) is 5.75 Å². The second-order valence-electron chi connectivity index (χ2n) is 11.3. The summed E-state index contributed by atoms with van der Waals surface area (Å²) in [6.07, 6.45) is 7.99. The molecule has 2 aromatic carbocycles. The van der Waals surface area contributed by atoms with E-state index in [9.17, 15) is 13.2 Å². The van der Waals surface area contributed by atoms with Crippen molar-refractivity contribution < 1.29 is 17.9 Å². The van der Waals surface area contributed by atoms with Crippen molar-refractivity contribution >= 4 is 45.0 Å². The summed E-state index contributed by atoms with van der Waals surface area (Å²) in [5.41, 5.74) is 3.68. The predicted molar refractivity (Wildman–Crippen MR) is 154 cm³/mol. The van der Waals surface area contributed by atoms with Crippen LogP contribution in [0.3, 0.4) is 0 Å². The van der Waals surface area contributed by atoms with Crippen molar-refractivity contribution in [3.63, 3.8) is 0 Å². The number of sulfonamides is 1. The van der Waals surface area contributed by atoms with E-state index in [2.05, 4.69) is 21.8 Å². The Bertz CT molecular complexity index is 1330. The number of halogens is 1.